The van der Waals surface area contributed by atoms with Crippen molar-refractivity contribution in [3.8, 4) is 0 Å². The molecule has 0 aliphatic heterocycles. The molecule has 1 saturated carbocycles. The van der Waals surface area contributed by atoms with Gasteiger partial charge in [-0.15, -0.1) is 0 Å². The third-order valence-corrected chi connectivity index (χ3v) is 6.26. The van der Waals surface area contributed by atoms with E-state index in [1.807, 2.05) is 34.9 Å². The highest BCUT2D eigenvalue weighted by molar-refractivity contribution is 7.99. The van der Waals surface area contributed by atoms with Crippen LogP contribution in [-0.4, -0.2) is 51.7 Å². The van der Waals surface area contributed by atoms with Gasteiger partial charge in [0.25, 0.3) is 0 Å². The minimum atomic E-state index is -4.47. The first-order valence-electron chi connectivity index (χ1n) is 10.5. The van der Waals surface area contributed by atoms with Crippen molar-refractivity contribution < 1.29 is 22.8 Å². The lowest BCUT2D eigenvalue weighted by Gasteiger charge is -2.16. The summed E-state index contributed by atoms with van der Waals surface area (Å²) < 4.78 is 41.3. The molecule has 4 rings (SSSR count). The number of fused-ring (bicyclic) bond motifs is 1. The number of carbonyl (C=O) groups excluding carboxylic acids is 2. The number of benzene rings is 2. The highest BCUT2D eigenvalue weighted by Crippen LogP contribution is 2.33. The molecule has 1 aliphatic carbocycles. The van der Waals surface area contributed by atoms with Crippen LogP contribution in [0.5, 0.6) is 0 Å². The van der Waals surface area contributed by atoms with E-state index in [1.165, 1.54) is 11.0 Å². The Kier molecular flexibility index (Phi) is 6.64. The zero-order valence-electron chi connectivity index (χ0n) is 17.9. The standard InChI is InChI=1S/C23H23F3N4O2S/c1-29(13-20(31)27-17-8-9-17)21(32)14-33-22-28-18-11-16(23(24,25)26)7-10-19(18)30(22)12-15-5-3-2-4-6-15/h2-7,10-11,17H,8-9,12-14H2,1H3,(H,27,31). The molecule has 1 heterocycles. The molecule has 33 heavy (non-hydrogen) atoms. The smallest absolute Gasteiger partial charge is 0.352 e. The van der Waals surface area contributed by atoms with E-state index in [-0.39, 0.29) is 35.7 Å². The fourth-order valence-corrected chi connectivity index (χ4v) is 4.31. The van der Waals surface area contributed by atoms with Crippen molar-refractivity contribution in [1.82, 2.24) is 19.8 Å². The molecule has 6 nitrogen and oxygen atoms in total. The maximum absolute atomic E-state index is 13.2. The molecule has 2 amide bonds. The average Bonchev–Trinajstić information content (AvgIpc) is 3.52. The third kappa shape index (κ3) is 5.87. The largest absolute Gasteiger partial charge is 0.416 e. The molecule has 0 unspecified atom stereocenters. The molecule has 0 atom stereocenters. The second-order valence-electron chi connectivity index (χ2n) is 8.05. The van der Waals surface area contributed by atoms with Crippen LogP contribution in [0.4, 0.5) is 13.2 Å². The summed E-state index contributed by atoms with van der Waals surface area (Å²) in [4.78, 5) is 30.3. The summed E-state index contributed by atoms with van der Waals surface area (Å²) in [5, 5.41) is 3.28. The molecule has 1 fully saturated rings. The van der Waals surface area contributed by atoms with Gasteiger partial charge in [0.15, 0.2) is 5.16 Å². The molecule has 0 bridgehead atoms. The minimum Gasteiger partial charge on any atom is -0.352 e. The van der Waals surface area contributed by atoms with Crippen LogP contribution in [0.2, 0.25) is 0 Å². The number of thioether (sulfide) groups is 1. The molecule has 1 aliphatic rings. The maximum Gasteiger partial charge on any atom is 0.416 e. The van der Waals surface area contributed by atoms with Gasteiger partial charge in [-0.05, 0) is 36.6 Å². The van der Waals surface area contributed by atoms with Gasteiger partial charge in [0.2, 0.25) is 11.8 Å². The molecule has 0 radical (unpaired) electrons. The van der Waals surface area contributed by atoms with Crippen LogP contribution in [0.15, 0.2) is 53.7 Å². The van der Waals surface area contributed by atoms with Gasteiger partial charge in [0.1, 0.15) is 0 Å². The number of halogens is 3. The minimum absolute atomic E-state index is 0.0114. The summed E-state index contributed by atoms with van der Waals surface area (Å²) in [7, 11) is 1.55. The maximum atomic E-state index is 13.2. The van der Waals surface area contributed by atoms with E-state index in [4.69, 9.17) is 0 Å². The zero-order valence-corrected chi connectivity index (χ0v) is 18.7. The van der Waals surface area contributed by atoms with Crippen LogP contribution in [0, 0.1) is 0 Å². The van der Waals surface area contributed by atoms with Crippen LogP contribution in [-0.2, 0) is 22.3 Å². The van der Waals surface area contributed by atoms with Crippen LogP contribution in [0.25, 0.3) is 11.0 Å². The molecular formula is C23H23F3N4O2S. The lowest BCUT2D eigenvalue weighted by molar-refractivity contribution is -0.137. The van der Waals surface area contributed by atoms with E-state index in [1.54, 1.807) is 7.05 Å². The van der Waals surface area contributed by atoms with Crippen LogP contribution in [0.1, 0.15) is 24.0 Å². The Morgan fingerprint density at radius 1 is 1.18 bits per heavy atom. The van der Waals surface area contributed by atoms with E-state index in [2.05, 4.69) is 10.3 Å². The van der Waals surface area contributed by atoms with Gasteiger partial charge in [0, 0.05) is 13.1 Å². The van der Waals surface area contributed by atoms with Gasteiger partial charge in [-0.3, -0.25) is 9.59 Å². The van der Waals surface area contributed by atoms with Gasteiger partial charge in [-0.25, -0.2) is 4.98 Å². The normalized spacial score (nSPS) is 13.8. The lowest BCUT2D eigenvalue weighted by atomic mass is 10.2. The summed E-state index contributed by atoms with van der Waals surface area (Å²) in [5.41, 5.74) is 0.957. The van der Waals surface area contributed by atoms with Gasteiger partial charge in [0.05, 0.1) is 35.4 Å². The summed E-state index contributed by atoms with van der Waals surface area (Å²) in [6.07, 6.45) is -2.54. The third-order valence-electron chi connectivity index (χ3n) is 5.30. The number of rotatable bonds is 8. The van der Waals surface area contributed by atoms with E-state index >= 15 is 0 Å². The average molecular weight is 477 g/mol. The second kappa shape index (κ2) is 9.46. The molecular weight excluding hydrogens is 453 g/mol. The van der Waals surface area contributed by atoms with Crippen molar-refractivity contribution in [2.45, 2.75) is 36.8 Å². The number of likely N-dealkylation sites (N-methyl/N-ethyl adjacent to an activating group) is 1. The number of imidazole rings is 1. The quantitative estimate of drug-likeness (QED) is 0.501. The number of hydrogen-bond donors (Lipinski definition) is 1. The van der Waals surface area contributed by atoms with E-state index < -0.39 is 11.7 Å². The summed E-state index contributed by atoms with van der Waals surface area (Å²) in [5.74, 6) is -0.452. The van der Waals surface area contributed by atoms with Gasteiger partial charge in [-0.2, -0.15) is 13.2 Å². The number of aromatic nitrogens is 2. The molecule has 3 aromatic rings. The number of carbonyl (C=O) groups is 2. The van der Waals surface area contributed by atoms with Crippen LogP contribution in [0.3, 0.4) is 0 Å². The molecule has 2 aromatic carbocycles. The molecule has 0 saturated heterocycles. The SMILES string of the molecule is CN(CC(=O)NC1CC1)C(=O)CSc1nc2cc(C(F)(F)F)ccc2n1Cc1ccccc1. The van der Waals surface area contributed by atoms with E-state index in [9.17, 15) is 22.8 Å². The van der Waals surface area contributed by atoms with Crippen molar-refractivity contribution in [2.75, 3.05) is 19.3 Å². The van der Waals surface area contributed by atoms with Crippen molar-refractivity contribution in [3.63, 3.8) is 0 Å². The summed E-state index contributed by atoms with van der Waals surface area (Å²) in [6, 6.07) is 13.2. The number of nitrogens with zero attached hydrogens (tertiary/aromatic N) is 3. The Morgan fingerprint density at radius 3 is 2.58 bits per heavy atom. The van der Waals surface area contributed by atoms with Crippen molar-refractivity contribution in [1.29, 1.82) is 0 Å². The Balaban J connectivity index is 1.53. The predicted molar refractivity (Wildman–Crippen MR) is 120 cm³/mol. The Labute approximate surface area is 193 Å². The number of hydrogen-bond acceptors (Lipinski definition) is 4. The number of alkyl halides is 3. The monoisotopic (exact) mass is 476 g/mol. The summed E-state index contributed by atoms with van der Waals surface area (Å²) >= 11 is 1.14. The second-order valence-corrected chi connectivity index (χ2v) is 8.99. The number of amides is 2. The fraction of sp³-hybridized carbons (Fsp3) is 0.348. The number of nitrogens with one attached hydrogen (secondary N) is 1. The van der Waals surface area contributed by atoms with Crippen molar-refractivity contribution >= 4 is 34.6 Å². The lowest BCUT2D eigenvalue weighted by Crippen LogP contribution is -2.39. The molecule has 1 aromatic heterocycles. The Hall–Kier alpha value is -3.01. The Morgan fingerprint density at radius 2 is 1.91 bits per heavy atom. The van der Waals surface area contributed by atoms with Gasteiger partial charge in [-0.1, -0.05) is 42.1 Å². The molecule has 10 heteroatoms. The van der Waals surface area contributed by atoms with Crippen LogP contribution < -0.4 is 5.32 Å². The first-order valence-corrected chi connectivity index (χ1v) is 11.5. The molecule has 174 valence electrons. The van der Waals surface area contributed by atoms with Crippen LogP contribution >= 0.6 is 11.8 Å². The highest BCUT2D eigenvalue weighted by atomic mass is 32.2. The predicted octanol–water partition coefficient (Wildman–Crippen LogP) is 3.93. The van der Waals surface area contributed by atoms with Gasteiger partial charge < -0.3 is 14.8 Å². The first kappa shape index (κ1) is 23.2. The Bertz CT molecular complexity index is 1160. The van der Waals surface area contributed by atoms with E-state index in [0.29, 0.717) is 17.2 Å². The molecule has 1 N–H and O–H groups in total. The fourth-order valence-electron chi connectivity index (χ4n) is 3.35. The first-order chi connectivity index (χ1) is 15.7. The zero-order chi connectivity index (χ0) is 23.6. The highest BCUT2D eigenvalue weighted by Gasteiger charge is 2.31. The topological polar surface area (TPSA) is 67.2 Å². The van der Waals surface area contributed by atoms with Crippen molar-refractivity contribution in [2.24, 2.45) is 0 Å². The van der Waals surface area contributed by atoms with Crippen molar-refractivity contribution in [3.05, 3.63) is 59.7 Å². The molecule has 0 spiro atoms. The summed E-state index contributed by atoms with van der Waals surface area (Å²) in [6.45, 7) is 0.365. The van der Waals surface area contributed by atoms with E-state index in [0.717, 1.165) is 42.3 Å². The van der Waals surface area contributed by atoms with Gasteiger partial charge >= 0.3 is 6.18 Å².